The summed E-state index contributed by atoms with van der Waals surface area (Å²) < 4.78 is 11.1. The van der Waals surface area contributed by atoms with E-state index < -0.39 is 0 Å². The van der Waals surface area contributed by atoms with Crippen LogP contribution in [0.2, 0.25) is 5.02 Å². The summed E-state index contributed by atoms with van der Waals surface area (Å²) in [6.45, 7) is 1.04. The third-order valence-electron chi connectivity index (χ3n) is 2.62. The molecule has 0 atom stereocenters. The van der Waals surface area contributed by atoms with Gasteiger partial charge in [-0.15, -0.1) is 0 Å². The summed E-state index contributed by atoms with van der Waals surface area (Å²) in [5, 5.41) is 9.58. The maximum atomic E-state index is 8.93. The van der Waals surface area contributed by atoms with Crippen LogP contribution in [0.1, 0.15) is 12.0 Å². The van der Waals surface area contributed by atoms with Gasteiger partial charge in [-0.3, -0.25) is 0 Å². The highest BCUT2D eigenvalue weighted by Crippen LogP contribution is 2.18. The summed E-state index contributed by atoms with van der Waals surface area (Å²) in [5.74, 6) is 1.35. The minimum absolute atomic E-state index is 0.499. The highest BCUT2D eigenvalue weighted by atomic mass is 35.5. The van der Waals surface area contributed by atoms with Crippen LogP contribution in [0.3, 0.4) is 0 Å². The van der Waals surface area contributed by atoms with E-state index in [1.165, 1.54) is 0 Å². The van der Waals surface area contributed by atoms with Crippen molar-refractivity contribution in [2.24, 2.45) is 0 Å². The van der Waals surface area contributed by atoms with Gasteiger partial charge in [-0.1, -0.05) is 29.8 Å². The van der Waals surface area contributed by atoms with Crippen molar-refractivity contribution in [3.63, 3.8) is 0 Å². The minimum Gasteiger partial charge on any atom is -0.493 e. The fourth-order valence-corrected chi connectivity index (χ4v) is 1.85. The molecule has 2 aromatic rings. The van der Waals surface area contributed by atoms with Gasteiger partial charge >= 0.3 is 0 Å². The van der Waals surface area contributed by atoms with Crippen LogP contribution in [0.15, 0.2) is 48.5 Å². The maximum absolute atomic E-state index is 8.93. The molecule has 0 N–H and O–H groups in total. The van der Waals surface area contributed by atoms with E-state index in [1.54, 1.807) is 24.3 Å². The smallest absolute Gasteiger partial charge is 0.137 e. The molecule has 0 radical (unpaired) electrons. The Balaban J connectivity index is 1.73. The molecular weight excluding hydrogens is 274 g/mol. The molecule has 0 amide bonds. The zero-order chi connectivity index (χ0) is 14.2. The Morgan fingerprint density at radius 1 is 1.00 bits per heavy atom. The zero-order valence-electron chi connectivity index (χ0n) is 10.9. The first kappa shape index (κ1) is 14.2. The Morgan fingerprint density at radius 2 is 1.80 bits per heavy atom. The second-order valence-corrected chi connectivity index (χ2v) is 4.55. The van der Waals surface area contributed by atoms with Gasteiger partial charge in [-0.05, 0) is 30.3 Å². The number of rotatable bonds is 6. The van der Waals surface area contributed by atoms with Crippen LogP contribution in [0.5, 0.6) is 11.5 Å². The quantitative estimate of drug-likeness (QED) is 0.753. The first-order chi connectivity index (χ1) is 9.79. The zero-order valence-corrected chi connectivity index (χ0v) is 11.6. The molecule has 3 nitrogen and oxygen atoms in total. The Labute approximate surface area is 123 Å². The second kappa shape index (κ2) is 7.42. The van der Waals surface area contributed by atoms with E-state index in [9.17, 15) is 0 Å². The number of nitriles is 1. The van der Waals surface area contributed by atoms with Gasteiger partial charge in [0, 0.05) is 11.4 Å². The number of hydrogen-bond acceptors (Lipinski definition) is 3. The predicted octanol–water partition coefficient (Wildman–Crippen LogP) is 4.06. The molecule has 0 aliphatic rings. The Morgan fingerprint density at radius 3 is 2.60 bits per heavy atom. The van der Waals surface area contributed by atoms with Crippen molar-refractivity contribution in [1.29, 1.82) is 5.26 Å². The van der Waals surface area contributed by atoms with E-state index >= 15 is 0 Å². The summed E-state index contributed by atoms with van der Waals surface area (Å²) >= 11 is 5.86. The van der Waals surface area contributed by atoms with Crippen LogP contribution in [-0.4, -0.2) is 13.2 Å². The molecule has 0 saturated heterocycles. The molecule has 0 fully saturated rings. The Kier molecular flexibility index (Phi) is 5.28. The van der Waals surface area contributed by atoms with Gasteiger partial charge in [0.2, 0.25) is 0 Å². The number of ether oxygens (including phenoxy) is 2. The number of nitrogens with zero attached hydrogens (tertiary/aromatic N) is 1. The van der Waals surface area contributed by atoms with Gasteiger partial charge < -0.3 is 9.47 Å². The number of halogens is 1. The standard InChI is InChI=1S/C16H14ClNO2/c17-14-6-3-7-15(11-14)19-9-4-10-20-16-8-2-1-5-13(16)12-18/h1-3,5-8,11H,4,9-10H2. The van der Waals surface area contributed by atoms with Gasteiger partial charge in [0.25, 0.3) is 0 Å². The highest BCUT2D eigenvalue weighted by Gasteiger charge is 2.01. The van der Waals surface area contributed by atoms with Crippen LogP contribution in [0, 0.1) is 11.3 Å². The molecule has 0 bridgehead atoms. The highest BCUT2D eigenvalue weighted by molar-refractivity contribution is 6.30. The molecule has 0 spiro atoms. The number of para-hydroxylation sites is 1. The first-order valence-corrected chi connectivity index (χ1v) is 6.67. The summed E-state index contributed by atoms with van der Waals surface area (Å²) in [4.78, 5) is 0. The molecule has 4 heteroatoms. The third kappa shape index (κ3) is 4.18. The van der Waals surface area contributed by atoms with Crippen LogP contribution in [0.25, 0.3) is 0 Å². The number of benzene rings is 2. The van der Waals surface area contributed by atoms with E-state index in [0.717, 1.165) is 12.2 Å². The van der Waals surface area contributed by atoms with E-state index in [0.29, 0.717) is 29.5 Å². The van der Waals surface area contributed by atoms with Crippen molar-refractivity contribution < 1.29 is 9.47 Å². The second-order valence-electron chi connectivity index (χ2n) is 4.12. The lowest BCUT2D eigenvalue weighted by Crippen LogP contribution is -2.05. The average molecular weight is 288 g/mol. The fourth-order valence-electron chi connectivity index (χ4n) is 1.67. The van der Waals surface area contributed by atoms with E-state index in [2.05, 4.69) is 6.07 Å². The number of hydrogen-bond donors (Lipinski definition) is 0. The average Bonchev–Trinajstić information content (AvgIpc) is 2.47. The van der Waals surface area contributed by atoms with Crippen LogP contribution in [0.4, 0.5) is 0 Å². The summed E-state index contributed by atoms with van der Waals surface area (Å²) in [6, 6.07) is 16.6. The maximum Gasteiger partial charge on any atom is 0.137 e. The van der Waals surface area contributed by atoms with Crippen molar-refractivity contribution in [2.45, 2.75) is 6.42 Å². The van der Waals surface area contributed by atoms with Crippen LogP contribution < -0.4 is 9.47 Å². The van der Waals surface area contributed by atoms with Gasteiger partial charge in [-0.2, -0.15) is 5.26 Å². The van der Waals surface area contributed by atoms with E-state index in [1.807, 2.05) is 24.3 Å². The van der Waals surface area contributed by atoms with Crippen molar-refractivity contribution in [3.8, 4) is 17.6 Å². The molecule has 2 rings (SSSR count). The van der Waals surface area contributed by atoms with Crippen molar-refractivity contribution in [2.75, 3.05) is 13.2 Å². The molecule has 0 saturated carbocycles. The monoisotopic (exact) mass is 287 g/mol. The van der Waals surface area contributed by atoms with Crippen molar-refractivity contribution >= 4 is 11.6 Å². The lowest BCUT2D eigenvalue weighted by Gasteiger charge is -2.09. The molecule has 0 aromatic heterocycles. The van der Waals surface area contributed by atoms with Gasteiger partial charge in [-0.25, -0.2) is 0 Å². The van der Waals surface area contributed by atoms with Crippen molar-refractivity contribution in [3.05, 3.63) is 59.1 Å². The predicted molar refractivity (Wildman–Crippen MR) is 78.2 cm³/mol. The van der Waals surface area contributed by atoms with Gasteiger partial charge in [0.1, 0.15) is 17.6 Å². The lowest BCUT2D eigenvalue weighted by molar-refractivity contribution is 0.247. The normalized spacial score (nSPS) is 9.80. The lowest BCUT2D eigenvalue weighted by atomic mass is 10.2. The van der Waals surface area contributed by atoms with E-state index in [-0.39, 0.29) is 0 Å². The van der Waals surface area contributed by atoms with Gasteiger partial charge in [0.15, 0.2) is 0 Å². The van der Waals surface area contributed by atoms with Gasteiger partial charge in [0.05, 0.1) is 18.8 Å². The van der Waals surface area contributed by atoms with Crippen LogP contribution >= 0.6 is 11.6 Å². The summed E-state index contributed by atoms with van der Waals surface area (Å²) in [5.41, 5.74) is 0.545. The largest absolute Gasteiger partial charge is 0.493 e. The summed E-state index contributed by atoms with van der Waals surface area (Å²) in [7, 11) is 0. The molecule has 0 aliphatic carbocycles. The molecule has 0 heterocycles. The fraction of sp³-hybridized carbons (Fsp3) is 0.188. The first-order valence-electron chi connectivity index (χ1n) is 6.30. The minimum atomic E-state index is 0.499. The Bertz CT molecular complexity index is 607. The molecule has 2 aromatic carbocycles. The molecule has 102 valence electrons. The molecule has 20 heavy (non-hydrogen) atoms. The third-order valence-corrected chi connectivity index (χ3v) is 2.85. The van der Waals surface area contributed by atoms with Crippen LogP contribution in [-0.2, 0) is 0 Å². The topological polar surface area (TPSA) is 42.2 Å². The van der Waals surface area contributed by atoms with Crippen molar-refractivity contribution in [1.82, 2.24) is 0 Å². The molecule has 0 unspecified atom stereocenters. The molecule has 0 aliphatic heterocycles. The SMILES string of the molecule is N#Cc1ccccc1OCCCOc1cccc(Cl)c1. The molecular formula is C16H14ClNO2. The van der Waals surface area contributed by atoms with E-state index in [4.69, 9.17) is 26.3 Å². The summed E-state index contributed by atoms with van der Waals surface area (Å²) in [6.07, 6.45) is 0.728. The Hall–Kier alpha value is -2.18.